The summed E-state index contributed by atoms with van der Waals surface area (Å²) in [6, 6.07) is -7.29. The number of nitrogens with two attached hydrogens (primary N) is 1. The van der Waals surface area contributed by atoms with E-state index < -0.39 is 103 Å². The molecule has 0 aliphatic heterocycles. The number of aliphatic hydroxyl groups is 2. The van der Waals surface area contributed by atoms with Crippen molar-refractivity contribution in [2.45, 2.75) is 111 Å². The van der Waals surface area contributed by atoms with Crippen LogP contribution in [0.3, 0.4) is 0 Å². The van der Waals surface area contributed by atoms with Crippen molar-refractivity contribution in [2.75, 3.05) is 13.2 Å². The Morgan fingerprint density at radius 1 is 0.591 bits per heavy atom. The number of nitrogens with one attached hydrogen (secondary N) is 5. The number of carbonyl (C=O) groups excluding carboxylic acids is 5. The van der Waals surface area contributed by atoms with Crippen LogP contribution in [0.15, 0.2) is 0 Å². The van der Waals surface area contributed by atoms with Gasteiger partial charge in [0.05, 0.1) is 13.2 Å². The monoisotopic (exact) mass is 630 g/mol. The molecule has 10 N–H and O–H groups in total. The van der Waals surface area contributed by atoms with E-state index >= 15 is 0 Å². The van der Waals surface area contributed by atoms with Crippen LogP contribution >= 0.6 is 0 Å². The molecule has 0 aromatic carbocycles. The predicted molar refractivity (Wildman–Crippen MR) is 163 cm³/mol. The van der Waals surface area contributed by atoms with Gasteiger partial charge in [-0.05, 0) is 30.1 Å². The summed E-state index contributed by atoms with van der Waals surface area (Å²) in [6.45, 7) is 12.5. The third-order valence-electron chi connectivity index (χ3n) is 7.51. The lowest BCUT2D eigenvalue weighted by atomic mass is 9.95. The molecule has 0 fully saturated rings. The molecule has 0 saturated heterocycles. The first-order valence-corrected chi connectivity index (χ1v) is 15.2. The van der Waals surface area contributed by atoms with Gasteiger partial charge in [-0.3, -0.25) is 24.0 Å². The van der Waals surface area contributed by atoms with Gasteiger partial charge < -0.3 is 47.6 Å². The fraction of sp³-hybridized carbons (Fsp3) is 0.793. The SMILES string of the molecule is CC[C@H](C)[C@H](NC(=O)[C@H](CO)NC(=O)[C@@H](NC(=O)[C@@H](NC(=O)[C@H](CC(C)C)NC(=O)[C@@H](N)CO)[C@@H](C)CC)C(C)C)C(=O)O. The normalized spacial score (nSPS) is 16.8. The smallest absolute Gasteiger partial charge is 0.326 e. The quantitative estimate of drug-likeness (QED) is 0.0761. The minimum atomic E-state index is -1.48. The maximum atomic E-state index is 13.5. The van der Waals surface area contributed by atoms with Crippen molar-refractivity contribution in [3.8, 4) is 0 Å². The molecule has 0 rings (SSSR count). The third-order valence-corrected chi connectivity index (χ3v) is 7.51. The maximum Gasteiger partial charge on any atom is 0.326 e. The van der Waals surface area contributed by atoms with Gasteiger partial charge in [0.25, 0.3) is 0 Å². The maximum absolute atomic E-state index is 13.5. The van der Waals surface area contributed by atoms with Gasteiger partial charge in [-0.2, -0.15) is 0 Å². The lowest BCUT2D eigenvalue weighted by Crippen LogP contribution is -2.62. The number of aliphatic carboxylic acids is 1. The Bertz CT molecular complexity index is 977. The van der Waals surface area contributed by atoms with Crippen LogP contribution in [0.5, 0.6) is 0 Å². The molecule has 0 aromatic heterocycles. The van der Waals surface area contributed by atoms with Crippen LogP contribution in [-0.4, -0.2) is 100 Å². The summed E-state index contributed by atoms with van der Waals surface area (Å²) in [7, 11) is 0. The molecule has 254 valence electrons. The molecule has 0 heterocycles. The summed E-state index contributed by atoms with van der Waals surface area (Å²) >= 11 is 0. The van der Waals surface area contributed by atoms with Gasteiger partial charge in [0.2, 0.25) is 29.5 Å². The van der Waals surface area contributed by atoms with E-state index in [9.17, 15) is 44.1 Å². The second-order valence-corrected chi connectivity index (χ2v) is 12.0. The topological polar surface area (TPSA) is 249 Å². The van der Waals surface area contributed by atoms with E-state index in [0.717, 1.165) is 0 Å². The zero-order chi connectivity index (χ0) is 34.3. The summed E-state index contributed by atoms with van der Waals surface area (Å²) in [5.74, 6) is -6.32. The number of hydrogen-bond donors (Lipinski definition) is 9. The molecule has 15 heteroatoms. The van der Waals surface area contributed by atoms with E-state index in [1.165, 1.54) is 0 Å². The number of carboxylic acid groups (broad SMARTS) is 1. The Morgan fingerprint density at radius 3 is 1.45 bits per heavy atom. The van der Waals surface area contributed by atoms with Gasteiger partial charge >= 0.3 is 5.97 Å². The van der Waals surface area contributed by atoms with Gasteiger partial charge in [0, 0.05) is 0 Å². The van der Waals surface area contributed by atoms with E-state index in [0.29, 0.717) is 12.8 Å². The van der Waals surface area contributed by atoms with Gasteiger partial charge in [0.1, 0.15) is 36.3 Å². The first-order chi connectivity index (χ1) is 20.4. The van der Waals surface area contributed by atoms with E-state index in [1.54, 1.807) is 34.6 Å². The molecular weight excluding hydrogens is 576 g/mol. The highest BCUT2D eigenvalue weighted by atomic mass is 16.4. The summed E-state index contributed by atoms with van der Waals surface area (Å²) < 4.78 is 0. The van der Waals surface area contributed by atoms with Crippen LogP contribution in [0.25, 0.3) is 0 Å². The minimum Gasteiger partial charge on any atom is -0.480 e. The van der Waals surface area contributed by atoms with Gasteiger partial charge in [-0.15, -0.1) is 0 Å². The second-order valence-electron chi connectivity index (χ2n) is 12.0. The zero-order valence-electron chi connectivity index (χ0n) is 27.2. The van der Waals surface area contributed by atoms with Crippen molar-refractivity contribution < 1.29 is 44.1 Å². The lowest BCUT2D eigenvalue weighted by molar-refractivity contribution is -0.144. The Kier molecular flexibility index (Phi) is 18.4. The van der Waals surface area contributed by atoms with Gasteiger partial charge in [-0.1, -0.05) is 68.2 Å². The predicted octanol–water partition coefficient (Wildman–Crippen LogP) is -1.40. The Hall–Kier alpha value is -3.30. The van der Waals surface area contributed by atoms with E-state index in [1.807, 2.05) is 20.8 Å². The largest absolute Gasteiger partial charge is 0.480 e. The highest BCUT2D eigenvalue weighted by Gasteiger charge is 2.35. The van der Waals surface area contributed by atoms with Crippen LogP contribution < -0.4 is 32.3 Å². The highest BCUT2D eigenvalue weighted by Crippen LogP contribution is 2.13. The van der Waals surface area contributed by atoms with Crippen molar-refractivity contribution in [2.24, 2.45) is 29.4 Å². The number of hydrogen-bond acceptors (Lipinski definition) is 9. The molecule has 0 radical (unpaired) electrons. The molecule has 0 spiro atoms. The molecule has 0 aliphatic carbocycles. The highest BCUT2D eigenvalue weighted by molar-refractivity contribution is 5.96. The van der Waals surface area contributed by atoms with Crippen molar-refractivity contribution in [3.63, 3.8) is 0 Å². The summed E-state index contributed by atoms with van der Waals surface area (Å²) in [6.07, 6.45) is 1.16. The number of aliphatic hydroxyl groups excluding tert-OH is 2. The molecule has 15 nitrogen and oxygen atoms in total. The number of rotatable bonds is 20. The lowest BCUT2D eigenvalue weighted by Gasteiger charge is -2.30. The first-order valence-electron chi connectivity index (χ1n) is 15.2. The standard InChI is InChI=1S/C29H54N6O9/c1-9-16(7)22(34-25(39)19(11-14(3)4)31-24(38)18(30)12-36)28(42)33-21(15(5)6)27(41)32-20(13-37)26(40)35-23(29(43)44)17(8)10-2/h14-23,36-37H,9-13,30H2,1-8H3,(H,31,38)(H,32,41)(H,33,42)(H,34,39)(H,35,40)(H,43,44)/t16-,17-,18-,19-,20-,21-,22-,23-/m0/s1. The van der Waals surface area contributed by atoms with Crippen molar-refractivity contribution in [1.82, 2.24) is 26.6 Å². The Balaban J connectivity index is 5.89. The van der Waals surface area contributed by atoms with E-state index in [4.69, 9.17) is 5.73 Å². The van der Waals surface area contributed by atoms with Gasteiger partial charge in [0.15, 0.2) is 0 Å². The van der Waals surface area contributed by atoms with Gasteiger partial charge in [-0.25, -0.2) is 4.79 Å². The van der Waals surface area contributed by atoms with Crippen LogP contribution in [0.1, 0.15) is 74.7 Å². The summed E-state index contributed by atoms with van der Waals surface area (Å²) in [5, 5.41) is 41.0. The van der Waals surface area contributed by atoms with Crippen LogP contribution in [0.2, 0.25) is 0 Å². The number of carboxylic acids is 1. The van der Waals surface area contributed by atoms with Crippen molar-refractivity contribution in [1.29, 1.82) is 0 Å². The average molecular weight is 631 g/mol. The fourth-order valence-corrected chi connectivity index (χ4v) is 4.19. The van der Waals surface area contributed by atoms with E-state index in [2.05, 4.69) is 26.6 Å². The minimum absolute atomic E-state index is 0.0195. The van der Waals surface area contributed by atoms with Crippen LogP contribution in [-0.2, 0) is 28.8 Å². The molecule has 44 heavy (non-hydrogen) atoms. The van der Waals surface area contributed by atoms with E-state index in [-0.39, 0.29) is 12.3 Å². The molecule has 0 aliphatic rings. The molecular formula is C29H54N6O9. The van der Waals surface area contributed by atoms with Crippen LogP contribution in [0.4, 0.5) is 0 Å². The number of amides is 5. The first kappa shape index (κ1) is 40.7. The Labute approximate surface area is 259 Å². The van der Waals surface area contributed by atoms with Crippen LogP contribution in [0, 0.1) is 23.7 Å². The molecule has 5 amide bonds. The zero-order valence-corrected chi connectivity index (χ0v) is 27.2. The Morgan fingerprint density at radius 2 is 1.02 bits per heavy atom. The second kappa shape index (κ2) is 19.9. The molecule has 0 unspecified atom stereocenters. The fourth-order valence-electron chi connectivity index (χ4n) is 4.19. The summed E-state index contributed by atoms with van der Waals surface area (Å²) in [4.78, 5) is 76.7. The number of carbonyl (C=O) groups is 6. The third kappa shape index (κ3) is 13.1. The van der Waals surface area contributed by atoms with Crippen molar-refractivity contribution >= 4 is 35.5 Å². The van der Waals surface area contributed by atoms with Crippen molar-refractivity contribution in [3.05, 3.63) is 0 Å². The molecule has 0 aromatic rings. The molecule has 0 bridgehead atoms. The molecule has 8 atom stereocenters. The average Bonchev–Trinajstić information content (AvgIpc) is 2.97. The molecule has 0 saturated carbocycles. The summed E-state index contributed by atoms with van der Waals surface area (Å²) in [5.41, 5.74) is 5.58.